The minimum Gasteiger partial charge on any atom is -0.335 e. The van der Waals surface area contributed by atoms with Gasteiger partial charge in [0.15, 0.2) is 0 Å². The van der Waals surface area contributed by atoms with Crippen molar-refractivity contribution in [2.24, 2.45) is 17.8 Å². The summed E-state index contributed by atoms with van der Waals surface area (Å²) < 4.78 is 28.1. The predicted octanol–water partition coefficient (Wildman–Crippen LogP) is 4.15. The van der Waals surface area contributed by atoms with Crippen LogP contribution in [0.3, 0.4) is 0 Å². The summed E-state index contributed by atoms with van der Waals surface area (Å²) >= 11 is 0. The van der Waals surface area contributed by atoms with Crippen LogP contribution in [0.5, 0.6) is 0 Å². The zero-order valence-corrected chi connectivity index (χ0v) is 18.5. The highest BCUT2D eigenvalue weighted by atomic mass is 32.2. The summed E-state index contributed by atoms with van der Waals surface area (Å²) in [6.45, 7) is 6.11. The number of hydrogen-bond acceptors (Lipinski definition) is 3. The highest BCUT2D eigenvalue weighted by Gasteiger charge is 2.37. The average molecular weight is 419 g/mol. The molecule has 5 nitrogen and oxygen atoms in total. The van der Waals surface area contributed by atoms with E-state index in [9.17, 15) is 13.2 Å². The maximum Gasteiger partial charge on any atom is 0.254 e. The average Bonchev–Trinajstić information content (AvgIpc) is 2.72. The first kappa shape index (κ1) is 20.9. The van der Waals surface area contributed by atoms with Gasteiger partial charge in [-0.25, -0.2) is 8.42 Å². The van der Waals surface area contributed by atoms with Crippen molar-refractivity contribution >= 4 is 15.9 Å². The summed E-state index contributed by atoms with van der Waals surface area (Å²) in [4.78, 5) is 15.6. The van der Waals surface area contributed by atoms with Crippen LogP contribution in [0.25, 0.3) is 0 Å². The van der Waals surface area contributed by atoms with Crippen molar-refractivity contribution in [2.45, 2.75) is 69.7 Å². The Morgan fingerprint density at radius 2 is 1.69 bits per heavy atom. The minimum absolute atomic E-state index is 0.000898. The lowest BCUT2D eigenvalue weighted by atomic mass is 9.78. The van der Waals surface area contributed by atoms with Crippen LogP contribution in [0.15, 0.2) is 29.2 Å². The van der Waals surface area contributed by atoms with E-state index in [0.717, 1.165) is 25.8 Å². The number of piperidine rings is 2. The van der Waals surface area contributed by atoms with Gasteiger partial charge in [0.1, 0.15) is 0 Å². The first-order chi connectivity index (χ1) is 13.9. The number of amides is 1. The van der Waals surface area contributed by atoms with Gasteiger partial charge < -0.3 is 4.90 Å². The lowest BCUT2D eigenvalue weighted by molar-refractivity contribution is 0.0390. The Morgan fingerprint density at radius 3 is 2.45 bits per heavy atom. The van der Waals surface area contributed by atoms with Crippen LogP contribution >= 0.6 is 0 Å². The molecule has 4 atom stereocenters. The monoisotopic (exact) mass is 418 g/mol. The lowest BCUT2D eigenvalue weighted by Crippen LogP contribution is -2.49. The SMILES string of the molecule is CC1CC(C)CN(S(=O)(=O)c2cccc(C(=O)N3CCCC4CCCCC43)c2)C1. The number of hydrogen-bond donors (Lipinski definition) is 0. The predicted molar refractivity (Wildman–Crippen MR) is 114 cm³/mol. The molecule has 0 spiro atoms. The van der Waals surface area contributed by atoms with E-state index in [-0.39, 0.29) is 10.8 Å². The van der Waals surface area contributed by atoms with E-state index < -0.39 is 10.0 Å². The number of carbonyl (C=O) groups excluding carboxylic acids is 1. The molecule has 1 aromatic carbocycles. The van der Waals surface area contributed by atoms with Crippen molar-refractivity contribution in [2.75, 3.05) is 19.6 Å². The summed E-state index contributed by atoms with van der Waals surface area (Å²) in [6.07, 6.45) is 8.07. The third-order valence-corrected chi connectivity index (χ3v) is 8.89. The molecule has 3 fully saturated rings. The van der Waals surface area contributed by atoms with Crippen molar-refractivity contribution in [3.05, 3.63) is 29.8 Å². The lowest BCUT2D eigenvalue weighted by Gasteiger charge is -2.44. The van der Waals surface area contributed by atoms with E-state index in [2.05, 4.69) is 13.8 Å². The first-order valence-electron chi connectivity index (χ1n) is 11.3. The van der Waals surface area contributed by atoms with Crippen LogP contribution in [0.4, 0.5) is 0 Å². The van der Waals surface area contributed by atoms with Gasteiger partial charge in [0.25, 0.3) is 5.91 Å². The number of fused-ring (bicyclic) bond motifs is 1. The van der Waals surface area contributed by atoms with Gasteiger partial charge in [0.2, 0.25) is 10.0 Å². The van der Waals surface area contributed by atoms with E-state index in [1.165, 1.54) is 25.7 Å². The zero-order valence-electron chi connectivity index (χ0n) is 17.7. The maximum absolute atomic E-state index is 13.3. The molecular weight excluding hydrogens is 384 g/mol. The first-order valence-corrected chi connectivity index (χ1v) is 12.7. The number of likely N-dealkylation sites (tertiary alicyclic amines) is 1. The molecule has 6 heteroatoms. The van der Waals surface area contributed by atoms with Crippen molar-refractivity contribution in [3.8, 4) is 0 Å². The third kappa shape index (κ3) is 4.24. The number of rotatable bonds is 3. The zero-order chi connectivity index (χ0) is 20.6. The van der Waals surface area contributed by atoms with E-state index in [1.54, 1.807) is 28.6 Å². The van der Waals surface area contributed by atoms with E-state index in [0.29, 0.717) is 42.4 Å². The highest BCUT2D eigenvalue weighted by molar-refractivity contribution is 7.89. The van der Waals surface area contributed by atoms with Crippen LogP contribution in [-0.4, -0.2) is 49.2 Å². The smallest absolute Gasteiger partial charge is 0.254 e. The van der Waals surface area contributed by atoms with E-state index in [1.807, 2.05) is 4.90 Å². The normalized spacial score (nSPS) is 31.3. The molecular formula is C23H34N2O3S. The van der Waals surface area contributed by atoms with Gasteiger partial charge in [-0.3, -0.25) is 4.79 Å². The Kier molecular flexibility index (Phi) is 6.03. The van der Waals surface area contributed by atoms with Gasteiger partial charge in [-0.15, -0.1) is 0 Å². The third-order valence-electron chi connectivity index (χ3n) is 7.06. The van der Waals surface area contributed by atoms with Crippen molar-refractivity contribution in [1.29, 1.82) is 0 Å². The number of sulfonamides is 1. The fourth-order valence-electron chi connectivity index (χ4n) is 5.78. The molecule has 2 heterocycles. The van der Waals surface area contributed by atoms with Crippen LogP contribution in [0, 0.1) is 17.8 Å². The van der Waals surface area contributed by atoms with Crippen LogP contribution < -0.4 is 0 Å². The summed E-state index contributed by atoms with van der Waals surface area (Å²) in [5, 5.41) is 0. The standard InChI is InChI=1S/C23H34N2O3S/c1-17-13-18(2)16-24(15-17)29(27,28)21-10-5-8-20(14-21)23(26)25-12-6-9-19-7-3-4-11-22(19)25/h5,8,10,14,17-19,22H,3-4,6-7,9,11-13,15-16H2,1-2H3. The van der Waals surface area contributed by atoms with Crippen LogP contribution in [-0.2, 0) is 10.0 Å². The second-order valence-corrected chi connectivity index (χ2v) is 11.5. The summed E-state index contributed by atoms with van der Waals surface area (Å²) in [5.74, 6) is 1.33. The van der Waals surface area contributed by atoms with Gasteiger partial charge in [-0.1, -0.05) is 32.8 Å². The Labute approximate surface area is 175 Å². The molecule has 0 N–H and O–H groups in total. The van der Waals surface area contributed by atoms with Crippen molar-refractivity contribution < 1.29 is 13.2 Å². The molecule has 29 heavy (non-hydrogen) atoms. The Morgan fingerprint density at radius 1 is 1.00 bits per heavy atom. The number of carbonyl (C=O) groups is 1. The van der Waals surface area contributed by atoms with Gasteiger partial charge >= 0.3 is 0 Å². The maximum atomic E-state index is 13.3. The summed E-state index contributed by atoms with van der Waals surface area (Å²) in [5.41, 5.74) is 0.510. The Bertz CT molecular complexity index is 841. The van der Waals surface area contributed by atoms with E-state index >= 15 is 0 Å². The molecule has 0 aromatic heterocycles. The van der Waals surface area contributed by atoms with Gasteiger partial charge in [-0.05, 0) is 68.1 Å². The van der Waals surface area contributed by atoms with Gasteiger partial charge in [-0.2, -0.15) is 4.31 Å². The number of nitrogens with zero attached hydrogens (tertiary/aromatic N) is 2. The molecule has 4 rings (SSSR count). The van der Waals surface area contributed by atoms with E-state index in [4.69, 9.17) is 0 Å². The molecule has 0 radical (unpaired) electrons. The highest BCUT2D eigenvalue weighted by Crippen LogP contribution is 2.36. The quantitative estimate of drug-likeness (QED) is 0.741. The molecule has 1 saturated carbocycles. The van der Waals surface area contributed by atoms with Gasteiger partial charge in [0, 0.05) is 31.2 Å². The molecule has 160 valence electrons. The molecule has 3 aliphatic rings. The van der Waals surface area contributed by atoms with Crippen LogP contribution in [0.1, 0.15) is 69.2 Å². The fourth-order valence-corrected chi connectivity index (χ4v) is 7.51. The second-order valence-electron chi connectivity index (χ2n) is 9.55. The Hall–Kier alpha value is -1.40. The molecule has 1 aromatic rings. The second kappa shape index (κ2) is 8.38. The Balaban J connectivity index is 1.57. The summed E-state index contributed by atoms with van der Waals surface area (Å²) in [7, 11) is -3.58. The molecule has 2 aliphatic heterocycles. The molecule has 1 aliphatic carbocycles. The number of benzene rings is 1. The molecule has 0 bridgehead atoms. The minimum atomic E-state index is -3.58. The largest absolute Gasteiger partial charge is 0.335 e. The van der Waals surface area contributed by atoms with Crippen LogP contribution in [0.2, 0.25) is 0 Å². The molecule has 2 saturated heterocycles. The fraction of sp³-hybridized carbons (Fsp3) is 0.696. The summed E-state index contributed by atoms with van der Waals surface area (Å²) in [6, 6.07) is 7.06. The van der Waals surface area contributed by atoms with Crippen molar-refractivity contribution in [3.63, 3.8) is 0 Å². The molecule has 4 unspecified atom stereocenters. The molecule has 1 amide bonds. The van der Waals surface area contributed by atoms with Crippen molar-refractivity contribution in [1.82, 2.24) is 9.21 Å². The van der Waals surface area contributed by atoms with Gasteiger partial charge in [0.05, 0.1) is 4.90 Å². The topological polar surface area (TPSA) is 57.7 Å².